The van der Waals surface area contributed by atoms with Crippen molar-refractivity contribution in [3.63, 3.8) is 0 Å². The molecule has 1 saturated heterocycles. The fraction of sp³-hybridized carbons (Fsp3) is 0.476. The Morgan fingerprint density at radius 3 is 2.34 bits per heavy atom. The van der Waals surface area contributed by atoms with E-state index in [4.69, 9.17) is 4.42 Å². The molecule has 1 N–H and O–H groups in total. The molecule has 0 radical (unpaired) electrons. The summed E-state index contributed by atoms with van der Waals surface area (Å²) in [7, 11) is -3.54. The summed E-state index contributed by atoms with van der Waals surface area (Å²) in [5.41, 5.74) is 2.01. The summed E-state index contributed by atoms with van der Waals surface area (Å²) in [4.78, 5) is 14.5. The first-order chi connectivity index (χ1) is 13.7. The van der Waals surface area contributed by atoms with Gasteiger partial charge in [-0.15, -0.1) is 0 Å². The van der Waals surface area contributed by atoms with Crippen molar-refractivity contribution in [1.29, 1.82) is 0 Å². The van der Waals surface area contributed by atoms with Crippen LogP contribution in [0.3, 0.4) is 0 Å². The minimum atomic E-state index is -3.54. The van der Waals surface area contributed by atoms with Crippen LogP contribution in [0.2, 0.25) is 0 Å². The minimum absolute atomic E-state index is 0.0386. The lowest BCUT2D eigenvalue weighted by atomic mass is 10.1. The molecule has 1 aromatic heterocycles. The Labute approximate surface area is 172 Å². The molecule has 158 valence electrons. The van der Waals surface area contributed by atoms with E-state index in [0.717, 1.165) is 22.6 Å². The van der Waals surface area contributed by atoms with Gasteiger partial charge in [0.2, 0.25) is 15.9 Å². The van der Waals surface area contributed by atoms with E-state index in [2.05, 4.69) is 5.32 Å². The monoisotopic (exact) mass is 419 g/mol. The Bertz CT molecular complexity index is 976. The van der Waals surface area contributed by atoms with Gasteiger partial charge in [-0.05, 0) is 63.1 Å². The molecule has 1 amide bonds. The van der Waals surface area contributed by atoms with E-state index in [1.807, 2.05) is 45.9 Å². The van der Waals surface area contributed by atoms with Crippen LogP contribution in [0, 0.1) is 20.8 Å². The topological polar surface area (TPSA) is 82.9 Å². The van der Waals surface area contributed by atoms with E-state index in [9.17, 15) is 13.2 Å². The zero-order valence-corrected chi connectivity index (χ0v) is 18.3. The lowest BCUT2D eigenvalue weighted by Gasteiger charge is -2.34. The summed E-state index contributed by atoms with van der Waals surface area (Å²) in [5, 5.41) is 3.17. The summed E-state index contributed by atoms with van der Waals surface area (Å²) in [6.07, 6.45) is 0. The van der Waals surface area contributed by atoms with Gasteiger partial charge >= 0.3 is 0 Å². The van der Waals surface area contributed by atoms with Gasteiger partial charge < -0.3 is 9.32 Å². The quantitative estimate of drug-likeness (QED) is 0.777. The zero-order valence-electron chi connectivity index (χ0n) is 17.4. The number of hydrogen-bond donors (Lipinski definition) is 1. The average molecular weight is 420 g/mol. The molecule has 1 aromatic carbocycles. The van der Waals surface area contributed by atoms with E-state index in [-0.39, 0.29) is 18.5 Å². The van der Waals surface area contributed by atoms with E-state index < -0.39 is 10.0 Å². The normalized spacial score (nSPS) is 16.8. The molecule has 3 rings (SSSR count). The molecule has 7 nitrogen and oxygen atoms in total. The van der Waals surface area contributed by atoms with Gasteiger partial charge in [-0.25, -0.2) is 8.42 Å². The van der Waals surface area contributed by atoms with Gasteiger partial charge in [0.1, 0.15) is 11.5 Å². The van der Waals surface area contributed by atoms with Crippen molar-refractivity contribution in [2.24, 2.45) is 0 Å². The van der Waals surface area contributed by atoms with Crippen molar-refractivity contribution in [3.05, 3.63) is 53.0 Å². The fourth-order valence-electron chi connectivity index (χ4n) is 3.34. The molecule has 1 fully saturated rings. The molecule has 29 heavy (non-hydrogen) atoms. The number of carbonyl (C=O) groups excluding carboxylic acids is 1. The third kappa shape index (κ3) is 4.88. The maximum absolute atomic E-state index is 12.9. The van der Waals surface area contributed by atoms with Crippen molar-refractivity contribution >= 4 is 15.9 Å². The van der Waals surface area contributed by atoms with Crippen molar-refractivity contribution < 1.29 is 17.6 Å². The predicted molar refractivity (Wildman–Crippen MR) is 111 cm³/mol. The second-order valence-corrected chi connectivity index (χ2v) is 9.52. The molecule has 0 saturated carbocycles. The lowest BCUT2D eigenvalue weighted by molar-refractivity contribution is -0.131. The van der Waals surface area contributed by atoms with Crippen molar-refractivity contribution in [2.75, 3.05) is 32.7 Å². The molecule has 2 heterocycles. The highest BCUT2D eigenvalue weighted by molar-refractivity contribution is 7.89. The molecular formula is C21H29N3O4S. The maximum Gasteiger partial charge on any atom is 0.243 e. The van der Waals surface area contributed by atoms with E-state index in [1.54, 1.807) is 17.0 Å². The second kappa shape index (κ2) is 8.69. The largest absolute Gasteiger partial charge is 0.465 e. The Hall–Kier alpha value is -2.16. The van der Waals surface area contributed by atoms with Gasteiger partial charge in [-0.1, -0.05) is 6.07 Å². The van der Waals surface area contributed by atoms with E-state index >= 15 is 0 Å². The maximum atomic E-state index is 12.9. The molecule has 1 aliphatic heterocycles. The van der Waals surface area contributed by atoms with Crippen LogP contribution >= 0.6 is 0 Å². The number of sulfonamides is 1. The van der Waals surface area contributed by atoms with Gasteiger partial charge in [0, 0.05) is 26.2 Å². The molecule has 0 aliphatic carbocycles. The number of carbonyl (C=O) groups is 1. The van der Waals surface area contributed by atoms with Gasteiger partial charge in [0.05, 0.1) is 17.5 Å². The van der Waals surface area contributed by atoms with Gasteiger partial charge in [-0.2, -0.15) is 4.31 Å². The summed E-state index contributed by atoms with van der Waals surface area (Å²) >= 11 is 0. The smallest absolute Gasteiger partial charge is 0.243 e. The highest BCUT2D eigenvalue weighted by Gasteiger charge is 2.30. The van der Waals surface area contributed by atoms with Crippen LogP contribution < -0.4 is 5.32 Å². The molecule has 0 spiro atoms. The molecule has 0 bridgehead atoms. The number of aryl methyl sites for hydroxylation is 3. The number of hydrogen-bond acceptors (Lipinski definition) is 5. The van der Waals surface area contributed by atoms with Crippen LogP contribution in [-0.2, 0) is 14.8 Å². The predicted octanol–water partition coefficient (Wildman–Crippen LogP) is 2.39. The SMILES string of the molecule is Cc1ccc(C(C)NCC(=O)N2CCN(S(=O)(=O)c3ccc(C)c(C)c3)CC2)o1. The Balaban J connectivity index is 1.54. The second-order valence-electron chi connectivity index (χ2n) is 7.58. The summed E-state index contributed by atoms with van der Waals surface area (Å²) in [6.45, 7) is 9.25. The van der Waals surface area contributed by atoms with Gasteiger partial charge in [0.15, 0.2) is 0 Å². The summed E-state index contributed by atoms with van der Waals surface area (Å²) < 4.78 is 32.8. The molecule has 8 heteroatoms. The Kier molecular flexibility index (Phi) is 6.45. The number of nitrogens with zero attached hydrogens (tertiary/aromatic N) is 2. The van der Waals surface area contributed by atoms with Crippen molar-refractivity contribution in [3.8, 4) is 0 Å². The summed E-state index contributed by atoms with van der Waals surface area (Å²) in [5.74, 6) is 1.59. The van der Waals surface area contributed by atoms with Crippen LogP contribution in [0.1, 0.15) is 35.6 Å². The minimum Gasteiger partial charge on any atom is -0.465 e. The molecular weight excluding hydrogens is 390 g/mol. The van der Waals surface area contributed by atoms with Crippen molar-refractivity contribution in [1.82, 2.24) is 14.5 Å². The van der Waals surface area contributed by atoms with Crippen LogP contribution in [0.4, 0.5) is 0 Å². The molecule has 1 unspecified atom stereocenters. The summed E-state index contributed by atoms with van der Waals surface area (Å²) in [6, 6.07) is 8.91. The Morgan fingerprint density at radius 2 is 1.76 bits per heavy atom. The highest BCUT2D eigenvalue weighted by atomic mass is 32.2. The van der Waals surface area contributed by atoms with Gasteiger partial charge in [0.25, 0.3) is 0 Å². The number of piperazine rings is 1. The standard InChI is InChI=1S/C21H29N3O4S/c1-15-5-7-19(13-16(15)2)29(26,27)24-11-9-23(10-12-24)21(25)14-22-18(4)20-8-6-17(3)28-20/h5-8,13,18,22H,9-12,14H2,1-4H3. The number of nitrogens with one attached hydrogen (secondary N) is 1. The van der Waals surface area contributed by atoms with Crippen LogP contribution in [0.15, 0.2) is 39.6 Å². The van der Waals surface area contributed by atoms with Crippen LogP contribution in [0.25, 0.3) is 0 Å². The average Bonchev–Trinajstić information content (AvgIpc) is 3.14. The van der Waals surface area contributed by atoms with E-state index in [1.165, 1.54) is 4.31 Å². The number of furan rings is 1. The number of benzene rings is 1. The third-order valence-corrected chi connectivity index (χ3v) is 7.35. The zero-order chi connectivity index (χ0) is 21.2. The van der Waals surface area contributed by atoms with Crippen molar-refractivity contribution in [2.45, 2.75) is 38.6 Å². The Morgan fingerprint density at radius 1 is 1.07 bits per heavy atom. The first kappa shape index (κ1) is 21.5. The number of rotatable bonds is 6. The lowest BCUT2D eigenvalue weighted by Crippen LogP contribution is -2.52. The molecule has 2 aromatic rings. The van der Waals surface area contributed by atoms with Gasteiger partial charge in [-0.3, -0.25) is 10.1 Å². The first-order valence-corrected chi connectivity index (χ1v) is 11.3. The molecule has 1 aliphatic rings. The fourth-order valence-corrected chi connectivity index (χ4v) is 4.85. The van der Waals surface area contributed by atoms with Crippen LogP contribution in [0.5, 0.6) is 0 Å². The van der Waals surface area contributed by atoms with E-state index in [0.29, 0.717) is 31.1 Å². The third-order valence-electron chi connectivity index (χ3n) is 5.45. The first-order valence-electron chi connectivity index (χ1n) is 9.83. The number of amides is 1. The van der Waals surface area contributed by atoms with Crippen LogP contribution in [-0.4, -0.2) is 56.3 Å². The highest BCUT2D eigenvalue weighted by Crippen LogP contribution is 2.21. The molecule has 1 atom stereocenters.